The van der Waals surface area contributed by atoms with E-state index in [0.717, 1.165) is 24.0 Å². The summed E-state index contributed by atoms with van der Waals surface area (Å²) in [5, 5.41) is 23.7. The van der Waals surface area contributed by atoms with Crippen LogP contribution < -0.4 is 10.6 Å². The summed E-state index contributed by atoms with van der Waals surface area (Å²) < 4.78 is 5.57. The molecule has 0 saturated heterocycles. The standard InChI is InChI=1S/C26H30N2O6/c29-18(12-25(31)32)14-27-24(30)11-17(16-9-10-16)13-28-26(33)34-15-23-21-7-3-1-5-19(21)20-6-2-4-8-22(20)23/h1-8,16-18,23,29H,9-15H2,(H,27,30)(H,28,33)(H,31,32). The van der Waals surface area contributed by atoms with Crippen LogP contribution in [0.2, 0.25) is 0 Å². The van der Waals surface area contributed by atoms with Gasteiger partial charge in [0.15, 0.2) is 0 Å². The number of amides is 2. The lowest BCUT2D eigenvalue weighted by Crippen LogP contribution is -2.37. The summed E-state index contributed by atoms with van der Waals surface area (Å²) in [6.07, 6.45) is 0.159. The molecule has 2 aromatic carbocycles. The van der Waals surface area contributed by atoms with Gasteiger partial charge in [-0.3, -0.25) is 9.59 Å². The molecule has 180 valence electrons. The molecule has 8 heteroatoms. The lowest BCUT2D eigenvalue weighted by molar-refractivity contribution is -0.139. The number of hydrogen-bond acceptors (Lipinski definition) is 5. The number of aliphatic hydroxyl groups excluding tert-OH is 1. The predicted octanol–water partition coefficient (Wildman–Crippen LogP) is 2.89. The van der Waals surface area contributed by atoms with Crippen molar-refractivity contribution in [2.75, 3.05) is 19.7 Å². The number of carbonyl (C=O) groups is 3. The molecule has 2 aliphatic carbocycles. The second-order valence-electron chi connectivity index (χ2n) is 9.06. The highest BCUT2D eigenvalue weighted by Crippen LogP contribution is 2.44. The quantitative estimate of drug-likeness (QED) is 0.404. The highest BCUT2D eigenvalue weighted by atomic mass is 16.5. The van der Waals surface area contributed by atoms with Crippen LogP contribution in [-0.4, -0.2) is 54.0 Å². The summed E-state index contributed by atoms with van der Waals surface area (Å²) in [6, 6.07) is 16.3. The van der Waals surface area contributed by atoms with Crippen LogP contribution in [0.15, 0.2) is 48.5 Å². The van der Waals surface area contributed by atoms with Gasteiger partial charge in [0.1, 0.15) is 6.61 Å². The smallest absolute Gasteiger partial charge is 0.407 e. The normalized spacial score (nSPS) is 16.1. The van der Waals surface area contributed by atoms with Gasteiger partial charge < -0.3 is 25.6 Å². The Balaban J connectivity index is 1.25. The SMILES string of the molecule is O=C(O)CC(O)CNC(=O)CC(CNC(=O)OCC1c2ccccc2-c2ccccc21)C1CC1. The fraction of sp³-hybridized carbons (Fsp3) is 0.423. The van der Waals surface area contributed by atoms with E-state index in [-0.39, 0.29) is 37.3 Å². The van der Waals surface area contributed by atoms with Crippen LogP contribution in [0.1, 0.15) is 42.7 Å². The van der Waals surface area contributed by atoms with Crippen molar-refractivity contribution >= 4 is 18.0 Å². The maximum Gasteiger partial charge on any atom is 0.407 e. The number of ether oxygens (including phenoxy) is 1. The number of carboxylic acids is 1. The topological polar surface area (TPSA) is 125 Å². The summed E-state index contributed by atoms with van der Waals surface area (Å²) in [5.74, 6) is -1.07. The number of alkyl carbamates (subject to hydrolysis) is 1. The number of hydrogen-bond donors (Lipinski definition) is 4. The Morgan fingerprint density at radius 1 is 0.912 bits per heavy atom. The number of carbonyl (C=O) groups excluding carboxylic acids is 2. The predicted molar refractivity (Wildman–Crippen MR) is 125 cm³/mol. The van der Waals surface area contributed by atoms with Crippen LogP contribution in [0.3, 0.4) is 0 Å². The summed E-state index contributed by atoms with van der Waals surface area (Å²) in [6.45, 7) is 0.449. The Hall–Kier alpha value is -3.39. The third-order valence-electron chi connectivity index (χ3n) is 6.53. The molecule has 4 rings (SSSR count). The minimum absolute atomic E-state index is 0.0135. The highest BCUT2D eigenvalue weighted by Gasteiger charge is 2.33. The van der Waals surface area contributed by atoms with E-state index in [4.69, 9.17) is 9.84 Å². The van der Waals surface area contributed by atoms with E-state index in [1.807, 2.05) is 24.3 Å². The third-order valence-corrected chi connectivity index (χ3v) is 6.53. The van der Waals surface area contributed by atoms with Gasteiger partial charge in [0.2, 0.25) is 5.91 Å². The first-order valence-corrected chi connectivity index (χ1v) is 11.7. The molecule has 2 atom stereocenters. The second kappa shape index (κ2) is 10.7. The summed E-state index contributed by atoms with van der Waals surface area (Å²) in [7, 11) is 0. The monoisotopic (exact) mass is 466 g/mol. The number of fused-ring (bicyclic) bond motifs is 3. The van der Waals surface area contributed by atoms with Gasteiger partial charge >= 0.3 is 12.1 Å². The molecule has 0 radical (unpaired) electrons. The van der Waals surface area contributed by atoms with Gasteiger partial charge in [-0.1, -0.05) is 48.5 Å². The first-order valence-electron chi connectivity index (χ1n) is 11.7. The van der Waals surface area contributed by atoms with E-state index < -0.39 is 24.6 Å². The van der Waals surface area contributed by atoms with E-state index in [1.54, 1.807) is 0 Å². The average Bonchev–Trinajstić information content (AvgIpc) is 3.61. The molecule has 0 bridgehead atoms. The third kappa shape index (κ3) is 5.94. The lowest BCUT2D eigenvalue weighted by atomic mass is 9.98. The van der Waals surface area contributed by atoms with Crippen LogP contribution in [-0.2, 0) is 14.3 Å². The molecule has 2 aliphatic rings. The van der Waals surface area contributed by atoms with Gasteiger partial charge in [0.05, 0.1) is 12.5 Å². The minimum Gasteiger partial charge on any atom is -0.481 e. The molecule has 0 aliphatic heterocycles. The lowest BCUT2D eigenvalue weighted by Gasteiger charge is -2.18. The molecule has 2 aromatic rings. The fourth-order valence-electron chi connectivity index (χ4n) is 4.65. The van der Waals surface area contributed by atoms with E-state index in [2.05, 4.69) is 34.9 Å². The Bertz CT molecular complexity index is 1010. The summed E-state index contributed by atoms with van der Waals surface area (Å²) in [5.41, 5.74) is 4.63. The van der Waals surface area contributed by atoms with Crippen molar-refractivity contribution in [1.29, 1.82) is 0 Å². The van der Waals surface area contributed by atoms with Crippen LogP contribution >= 0.6 is 0 Å². The Kier molecular flexibility index (Phi) is 7.47. The van der Waals surface area contributed by atoms with Crippen molar-refractivity contribution in [3.05, 3.63) is 59.7 Å². The number of aliphatic hydroxyl groups is 1. The number of benzene rings is 2. The fourth-order valence-corrected chi connectivity index (χ4v) is 4.65. The average molecular weight is 467 g/mol. The number of nitrogens with one attached hydrogen (secondary N) is 2. The highest BCUT2D eigenvalue weighted by molar-refractivity contribution is 5.79. The molecule has 2 amide bonds. The maximum absolute atomic E-state index is 12.5. The van der Waals surface area contributed by atoms with E-state index in [9.17, 15) is 19.5 Å². The van der Waals surface area contributed by atoms with Crippen LogP contribution in [0.4, 0.5) is 4.79 Å². The van der Waals surface area contributed by atoms with Crippen LogP contribution in [0.5, 0.6) is 0 Å². The Morgan fingerprint density at radius 3 is 2.12 bits per heavy atom. The molecular formula is C26H30N2O6. The molecule has 34 heavy (non-hydrogen) atoms. The molecule has 0 heterocycles. The Morgan fingerprint density at radius 2 is 1.53 bits per heavy atom. The number of carboxylic acid groups (broad SMARTS) is 1. The zero-order valence-electron chi connectivity index (χ0n) is 18.9. The van der Waals surface area contributed by atoms with Crippen molar-refractivity contribution < 1.29 is 29.3 Å². The number of rotatable bonds is 11. The van der Waals surface area contributed by atoms with E-state index >= 15 is 0 Å². The molecule has 0 spiro atoms. The first kappa shape index (κ1) is 23.8. The van der Waals surface area contributed by atoms with Crippen LogP contribution in [0.25, 0.3) is 11.1 Å². The molecule has 1 fully saturated rings. The van der Waals surface area contributed by atoms with Crippen molar-refractivity contribution in [1.82, 2.24) is 10.6 Å². The van der Waals surface area contributed by atoms with E-state index in [1.165, 1.54) is 11.1 Å². The van der Waals surface area contributed by atoms with Crippen molar-refractivity contribution in [2.45, 2.75) is 37.7 Å². The Labute approximate surface area is 198 Å². The number of aliphatic carboxylic acids is 1. The zero-order valence-corrected chi connectivity index (χ0v) is 18.9. The summed E-state index contributed by atoms with van der Waals surface area (Å²) in [4.78, 5) is 35.3. The van der Waals surface area contributed by atoms with Gasteiger partial charge in [-0.2, -0.15) is 0 Å². The van der Waals surface area contributed by atoms with Gasteiger partial charge in [-0.05, 0) is 46.9 Å². The molecular weight excluding hydrogens is 436 g/mol. The first-order chi connectivity index (χ1) is 16.4. The van der Waals surface area contributed by atoms with E-state index in [0.29, 0.717) is 12.5 Å². The molecule has 8 nitrogen and oxygen atoms in total. The summed E-state index contributed by atoms with van der Waals surface area (Å²) >= 11 is 0. The largest absolute Gasteiger partial charge is 0.481 e. The van der Waals surface area contributed by atoms with Gasteiger partial charge in [-0.25, -0.2) is 4.79 Å². The maximum atomic E-state index is 12.5. The van der Waals surface area contributed by atoms with Crippen molar-refractivity contribution in [3.8, 4) is 11.1 Å². The van der Waals surface area contributed by atoms with Crippen LogP contribution in [0, 0.1) is 11.8 Å². The molecule has 2 unspecified atom stereocenters. The van der Waals surface area contributed by atoms with Gasteiger partial charge in [0, 0.05) is 25.4 Å². The van der Waals surface area contributed by atoms with Crippen molar-refractivity contribution in [3.63, 3.8) is 0 Å². The van der Waals surface area contributed by atoms with Crippen molar-refractivity contribution in [2.24, 2.45) is 11.8 Å². The van der Waals surface area contributed by atoms with Gasteiger partial charge in [-0.15, -0.1) is 0 Å². The molecule has 0 aromatic heterocycles. The second-order valence-corrected chi connectivity index (χ2v) is 9.06. The van der Waals surface area contributed by atoms with Gasteiger partial charge in [0.25, 0.3) is 0 Å². The zero-order chi connectivity index (χ0) is 24.1. The minimum atomic E-state index is -1.13. The molecule has 1 saturated carbocycles. The molecule has 4 N–H and O–H groups in total.